The summed E-state index contributed by atoms with van der Waals surface area (Å²) in [6, 6.07) is 7.70. The molecule has 1 amide bonds. The average Bonchev–Trinajstić information content (AvgIpc) is 2.28. The highest BCUT2D eigenvalue weighted by Crippen LogP contribution is 2.12. The monoisotopic (exact) mass is 234 g/mol. The number of nitrogens with two attached hydrogens (primary N) is 1. The Balaban J connectivity index is 2.87. The summed E-state index contributed by atoms with van der Waals surface area (Å²) in [5, 5.41) is 0. The minimum atomic E-state index is 0.0859. The van der Waals surface area contributed by atoms with Gasteiger partial charge in [-0.15, -0.1) is 0 Å². The van der Waals surface area contributed by atoms with Crippen molar-refractivity contribution in [1.82, 2.24) is 4.90 Å². The van der Waals surface area contributed by atoms with E-state index in [1.54, 1.807) is 4.90 Å². The zero-order valence-corrected chi connectivity index (χ0v) is 10.9. The van der Waals surface area contributed by atoms with Crippen LogP contribution in [0.2, 0.25) is 0 Å². The van der Waals surface area contributed by atoms with E-state index in [-0.39, 0.29) is 5.91 Å². The molecule has 0 heterocycles. The minimum Gasteiger partial charge on any atom is -0.341 e. The molecular weight excluding hydrogens is 212 g/mol. The van der Waals surface area contributed by atoms with Crippen LogP contribution >= 0.6 is 0 Å². The summed E-state index contributed by atoms with van der Waals surface area (Å²) < 4.78 is 0. The molecule has 94 valence electrons. The molecule has 1 rings (SSSR count). The van der Waals surface area contributed by atoms with Gasteiger partial charge in [-0.1, -0.05) is 32.0 Å². The van der Waals surface area contributed by atoms with Crippen LogP contribution in [0.4, 0.5) is 0 Å². The first-order valence-corrected chi connectivity index (χ1v) is 6.09. The predicted molar refractivity (Wildman–Crippen MR) is 71.0 cm³/mol. The van der Waals surface area contributed by atoms with E-state index in [0.717, 1.165) is 24.1 Å². The molecule has 0 aliphatic carbocycles. The molecule has 0 aliphatic rings. The van der Waals surface area contributed by atoms with E-state index < -0.39 is 0 Å². The highest BCUT2D eigenvalue weighted by molar-refractivity contribution is 5.95. The van der Waals surface area contributed by atoms with Crippen molar-refractivity contribution in [1.29, 1.82) is 0 Å². The van der Waals surface area contributed by atoms with Gasteiger partial charge < -0.3 is 10.6 Å². The topological polar surface area (TPSA) is 46.3 Å². The third-order valence-electron chi connectivity index (χ3n) is 2.65. The van der Waals surface area contributed by atoms with Crippen LogP contribution in [0, 0.1) is 5.92 Å². The molecule has 0 spiro atoms. The predicted octanol–water partition coefficient (Wildman–Crippen LogP) is 1.92. The highest BCUT2D eigenvalue weighted by atomic mass is 16.2. The van der Waals surface area contributed by atoms with Crippen molar-refractivity contribution in [3.8, 4) is 0 Å². The number of rotatable bonds is 5. The number of benzene rings is 1. The lowest BCUT2D eigenvalue weighted by molar-refractivity contribution is 0.0778. The number of carbonyl (C=O) groups is 1. The van der Waals surface area contributed by atoms with Gasteiger partial charge in [-0.05, 0) is 30.5 Å². The van der Waals surface area contributed by atoms with Gasteiger partial charge in [0.05, 0.1) is 0 Å². The van der Waals surface area contributed by atoms with Crippen LogP contribution in [0.1, 0.15) is 29.8 Å². The fraction of sp³-hybridized carbons (Fsp3) is 0.500. The highest BCUT2D eigenvalue weighted by Gasteiger charge is 2.15. The zero-order valence-electron chi connectivity index (χ0n) is 10.9. The fourth-order valence-corrected chi connectivity index (χ4v) is 1.94. The van der Waals surface area contributed by atoms with Gasteiger partial charge in [0.1, 0.15) is 0 Å². The van der Waals surface area contributed by atoms with Crippen LogP contribution in [0.15, 0.2) is 24.3 Å². The van der Waals surface area contributed by atoms with E-state index in [9.17, 15) is 4.79 Å². The maximum absolute atomic E-state index is 12.3. The molecule has 1 aromatic carbocycles. The Hall–Kier alpha value is -1.35. The number of carbonyl (C=O) groups excluding carboxylic acids is 1. The third-order valence-corrected chi connectivity index (χ3v) is 2.65. The van der Waals surface area contributed by atoms with Gasteiger partial charge in [0, 0.05) is 19.2 Å². The van der Waals surface area contributed by atoms with Crippen molar-refractivity contribution >= 4 is 5.91 Å². The quantitative estimate of drug-likeness (QED) is 0.846. The molecule has 2 N–H and O–H groups in total. The van der Waals surface area contributed by atoms with E-state index in [1.165, 1.54) is 0 Å². The van der Waals surface area contributed by atoms with E-state index >= 15 is 0 Å². The number of nitrogens with zero attached hydrogens (tertiary/aromatic N) is 1. The van der Waals surface area contributed by atoms with Gasteiger partial charge in [-0.2, -0.15) is 0 Å². The van der Waals surface area contributed by atoms with Gasteiger partial charge in [-0.25, -0.2) is 0 Å². The minimum absolute atomic E-state index is 0.0859. The van der Waals surface area contributed by atoms with E-state index in [1.807, 2.05) is 31.3 Å². The van der Waals surface area contributed by atoms with Crippen LogP contribution in [0.3, 0.4) is 0 Å². The summed E-state index contributed by atoms with van der Waals surface area (Å²) in [6.45, 7) is 5.55. The number of amides is 1. The maximum Gasteiger partial charge on any atom is 0.253 e. The Morgan fingerprint density at radius 2 is 2.00 bits per heavy atom. The Bertz CT molecular complexity index is 374. The molecule has 0 radical (unpaired) electrons. The van der Waals surface area contributed by atoms with E-state index in [2.05, 4.69) is 13.8 Å². The number of hydrogen-bond donors (Lipinski definition) is 1. The van der Waals surface area contributed by atoms with E-state index in [4.69, 9.17) is 5.73 Å². The molecule has 17 heavy (non-hydrogen) atoms. The summed E-state index contributed by atoms with van der Waals surface area (Å²) in [5.41, 5.74) is 7.38. The Labute approximate surface area is 104 Å². The van der Waals surface area contributed by atoms with Crippen molar-refractivity contribution in [2.45, 2.75) is 20.3 Å². The fourth-order valence-electron chi connectivity index (χ4n) is 1.94. The zero-order chi connectivity index (χ0) is 12.8. The summed E-state index contributed by atoms with van der Waals surface area (Å²) in [7, 11) is 1.85. The summed E-state index contributed by atoms with van der Waals surface area (Å²) in [4.78, 5) is 14.0. The molecule has 0 saturated carbocycles. The molecule has 0 aromatic heterocycles. The van der Waals surface area contributed by atoms with Crippen LogP contribution in [-0.2, 0) is 6.42 Å². The normalized spacial score (nSPS) is 10.6. The van der Waals surface area contributed by atoms with Gasteiger partial charge in [-0.3, -0.25) is 4.79 Å². The smallest absolute Gasteiger partial charge is 0.253 e. The largest absolute Gasteiger partial charge is 0.341 e. The van der Waals surface area contributed by atoms with Crippen LogP contribution in [-0.4, -0.2) is 30.9 Å². The Morgan fingerprint density at radius 1 is 1.35 bits per heavy atom. The summed E-state index contributed by atoms with van der Waals surface area (Å²) in [5.74, 6) is 0.563. The van der Waals surface area contributed by atoms with Gasteiger partial charge in [0.2, 0.25) is 0 Å². The van der Waals surface area contributed by atoms with E-state index in [0.29, 0.717) is 12.5 Å². The second-order valence-electron chi connectivity index (χ2n) is 4.78. The molecular formula is C14H22N2O. The molecule has 3 nitrogen and oxygen atoms in total. The number of hydrogen-bond acceptors (Lipinski definition) is 2. The van der Waals surface area contributed by atoms with Crippen molar-refractivity contribution in [2.24, 2.45) is 11.7 Å². The Kier molecular flexibility index (Phi) is 5.16. The molecule has 3 heteroatoms. The lowest BCUT2D eigenvalue weighted by atomic mass is 10.0. The Morgan fingerprint density at radius 3 is 2.59 bits per heavy atom. The molecule has 0 bridgehead atoms. The second-order valence-corrected chi connectivity index (χ2v) is 4.78. The maximum atomic E-state index is 12.3. The van der Waals surface area contributed by atoms with Crippen molar-refractivity contribution in [2.75, 3.05) is 20.1 Å². The first-order valence-electron chi connectivity index (χ1n) is 6.09. The lowest BCUT2D eigenvalue weighted by Crippen LogP contribution is -2.31. The summed E-state index contributed by atoms with van der Waals surface area (Å²) in [6.07, 6.45) is 0.747. The van der Waals surface area contributed by atoms with Crippen LogP contribution in [0.5, 0.6) is 0 Å². The average molecular weight is 234 g/mol. The van der Waals surface area contributed by atoms with Gasteiger partial charge in [0.25, 0.3) is 5.91 Å². The first-order chi connectivity index (χ1) is 8.06. The van der Waals surface area contributed by atoms with Gasteiger partial charge >= 0.3 is 0 Å². The molecule has 0 fully saturated rings. The summed E-state index contributed by atoms with van der Waals surface area (Å²) >= 11 is 0. The third kappa shape index (κ3) is 3.86. The van der Waals surface area contributed by atoms with Crippen LogP contribution < -0.4 is 5.73 Å². The SMILES string of the molecule is CC(C)CN(C)C(=O)c1ccccc1CCN. The molecule has 0 aliphatic heterocycles. The van der Waals surface area contributed by atoms with Gasteiger partial charge in [0.15, 0.2) is 0 Å². The molecule has 0 atom stereocenters. The first kappa shape index (κ1) is 13.7. The van der Waals surface area contributed by atoms with Crippen molar-refractivity contribution in [3.63, 3.8) is 0 Å². The molecule has 0 saturated heterocycles. The van der Waals surface area contributed by atoms with Crippen LogP contribution in [0.25, 0.3) is 0 Å². The molecule has 0 unspecified atom stereocenters. The standard InChI is InChI=1S/C14H22N2O/c1-11(2)10-16(3)14(17)13-7-5-4-6-12(13)8-9-15/h4-7,11H,8-10,15H2,1-3H3. The van der Waals surface area contributed by atoms with Crippen molar-refractivity contribution < 1.29 is 4.79 Å². The van der Waals surface area contributed by atoms with Crippen molar-refractivity contribution in [3.05, 3.63) is 35.4 Å². The lowest BCUT2D eigenvalue weighted by Gasteiger charge is -2.20. The molecule has 1 aromatic rings. The second kappa shape index (κ2) is 6.40.